The Morgan fingerprint density at radius 1 is 0.333 bits per heavy atom. The topological polar surface area (TPSA) is 60.3 Å². The maximum Gasteiger partial charge on any atom is 0.200 e. The first-order valence-corrected chi connectivity index (χ1v) is 15.8. The number of hydrogen-bond acceptors (Lipinski definition) is 1. The molecule has 0 unspecified atom stereocenters. The molecule has 3 N–H and O–H groups in total. The molecule has 3 aromatic carbocycles. The number of H-pyrrole nitrogens is 3. The van der Waals surface area contributed by atoms with Gasteiger partial charge in [-0.3, -0.25) is 0 Å². The number of aromatic nitrogens is 4. The fraction of sp³-hybridized carbons (Fsp3) is 0.0263. The van der Waals surface area contributed by atoms with Gasteiger partial charge in [-0.15, -0.1) is 0 Å². The van der Waals surface area contributed by atoms with E-state index in [9.17, 15) is 39.5 Å². The number of aromatic amines is 3. The second-order valence-electron chi connectivity index (χ2n) is 12.5. The number of halogens is 15. The first-order chi connectivity index (χ1) is 26.9. The first kappa shape index (κ1) is 37.3. The Hall–Kier alpha value is -6.66. The molecule has 57 heavy (non-hydrogen) atoms. The quantitative estimate of drug-likeness (QED) is 0.0929. The van der Waals surface area contributed by atoms with Gasteiger partial charge in [0.05, 0.1) is 44.6 Å². The highest BCUT2D eigenvalue weighted by atomic mass is 19.2. The van der Waals surface area contributed by atoms with Gasteiger partial charge in [0.1, 0.15) is 0 Å². The summed E-state index contributed by atoms with van der Waals surface area (Å²) in [6, 6.07) is 5.24. The minimum Gasteiger partial charge on any atom is -0.354 e. The molecule has 0 aliphatic carbocycles. The minimum atomic E-state index is -2.60. The second-order valence-corrected chi connectivity index (χ2v) is 12.5. The van der Waals surface area contributed by atoms with Crippen molar-refractivity contribution in [3.63, 3.8) is 0 Å². The van der Waals surface area contributed by atoms with Crippen LogP contribution in [0.2, 0.25) is 0 Å². The lowest BCUT2D eigenvalue weighted by Crippen LogP contribution is -2.06. The van der Waals surface area contributed by atoms with Crippen LogP contribution in [-0.4, -0.2) is 19.9 Å². The third kappa shape index (κ3) is 5.31. The minimum absolute atomic E-state index is 0.00294. The molecule has 8 bridgehead atoms. The van der Waals surface area contributed by atoms with Crippen LogP contribution in [0.25, 0.3) is 78.6 Å². The van der Waals surface area contributed by atoms with Crippen molar-refractivity contribution in [1.29, 1.82) is 0 Å². The predicted molar refractivity (Wildman–Crippen MR) is 176 cm³/mol. The van der Waals surface area contributed by atoms with E-state index in [2.05, 4.69) is 19.9 Å². The van der Waals surface area contributed by atoms with Gasteiger partial charge in [-0.05, 0) is 55.0 Å². The zero-order chi connectivity index (χ0) is 41.1. The van der Waals surface area contributed by atoms with Crippen LogP contribution < -0.4 is 0 Å². The van der Waals surface area contributed by atoms with E-state index >= 15 is 26.3 Å². The molecule has 0 saturated heterocycles. The zero-order valence-electron chi connectivity index (χ0n) is 27.7. The number of hydrogen-bond donors (Lipinski definition) is 3. The van der Waals surface area contributed by atoms with Crippen LogP contribution in [0.15, 0.2) is 30.3 Å². The van der Waals surface area contributed by atoms with Gasteiger partial charge < -0.3 is 15.0 Å². The van der Waals surface area contributed by atoms with Gasteiger partial charge in [0.25, 0.3) is 0 Å². The van der Waals surface area contributed by atoms with E-state index in [4.69, 9.17) is 0 Å². The van der Waals surface area contributed by atoms with E-state index in [1.165, 1.54) is 19.1 Å². The standard InChI is InChI=1S/C38H13F15N4/c1-9-8-16-10-2-3-11(54-10)17(20-23(39)29(45)35(51)30(46)24(20)40)12-4-5-13(55-12)18(21-25(41)31(47)36(52)32(48)26(21)42)14-6-7-15(56-14)19(38(9)57-16)22-27(43)33(49)37(53)34(50)28(22)44/h2-8,54-55,57H,1H3. The van der Waals surface area contributed by atoms with E-state index in [0.717, 1.165) is 30.4 Å². The summed E-state index contributed by atoms with van der Waals surface area (Å²) in [5, 5.41) is 0. The van der Waals surface area contributed by atoms with Crippen LogP contribution in [0, 0.1) is 94.2 Å². The van der Waals surface area contributed by atoms with E-state index in [-0.39, 0.29) is 16.6 Å². The largest absolute Gasteiger partial charge is 0.354 e. The van der Waals surface area contributed by atoms with Crippen LogP contribution in [-0.2, 0) is 0 Å². The van der Waals surface area contributed by atoms with Crippen molar-refractivity contribution in [2.24, 2.45) is 0 Å². The SMILES string of the molecule is Cc1cc2[nH]c1c(-c1c(F)c(F)c(F)c(F)c1F)c1nc(c(-c3c(F)c(F)c(F)c(F)c3F)c3ccc([nH]3)c(-c3c(F)c(F)c(F)c(F)c3F)c3ccc2[nH]3)C=C1. The molecular weight excluding hydrogens is 797 g/mol. The Kier molecular flexibility index (Phi) is 8.47. The molecule has 4 aromatic heterocycles. The Bertz CT molecular complexity index is 3010. The lowest BCUT2D eigenvalue weighted by molar-refractivity contribution is 0.381. The maximum absolute atomic E-state index is 15.6. The van der Waals surface area contributed by atoms with Crippen molar-refractivity contribution >= 4 is 45.3 Å². The summed E-state index contributed by atoms with van der Waals surface area (Å²) in [7, 11) is 0. The molecule has 1 aliphatic rings. The Morgan fingerprint density at radius 2 is 0.649 bits per heavy atom. The lowest BCUT2D eigenvalue weighted by atomic mass is 10.00. The molecule has 0 atom stereocenters. The molecule has 5 heterocycles. The molecule has 4 nitrogen and oxygen atoms in total. The summed E-state index contributed by atoms with van der Waals surface area (Å²) < 4.78 is 224. The van der Waals surface area contributed by atoms with Gasteiger partial charge in [-0.1, -0.05) is 0 Å². The Labute approximate surface area is 305 Å². The van der Waals surface area contributed by atoms with Crippen molar-refractivity contribution in [3.8, 4) is 33.4 Å². The summed E-state index contributed by atoms with van der Waals surface area (Å²) in [5.74, 6) is -36.5. The van der Waals surface area contributed by atoms with Gasteiger partial charge in [-0.2, -0.15) is 0 Å². The van der Waals surface area contributed by atoms with Gasteiger partial charge in [0.2, 0.25) is 17.5 Å². The maximum atomic E-state index is 15.6. The molecule has 0 amide bonds. The molecule has 0 fully saturated rings. The van der Waals surface area contributed by atoms with Gasteiger partial charge in [0.15, 0.2) is 69.8 Å². The highest BCUT2D eigenvalue weighted by Crippen LogP contribution is 2.43. The third-order valence-corrected chi connectivity index (χ3v) is 9.27. The Morgan fingerprint density at radius 3 is 1.09 bits per heavy atom. The fourth-order valence-electron chi connectivity index (χ4n) is 6.66. The monoisotopic (exact) mass is 810 g/mol. The molecule has 0 radical (unpaired) electrons. The van der Waals surface area contributed by atoms with Crippen LogP contribution in [0.5, 0.6) is 0 Å². The van der Waals surface area contributed by atoms with Crippen molar-refractivity contribution < 1.29 is 65.9 Å². The summed E-state index contributed by atoms with van der Waals surface area (Å²) >= 11 is 0. The van der Waals surface area contributed by atoms with E-state index in [1.54, 1.807) is 0 Å². The molecule has 7 aromatic rings. The summed E-state index contributed by atoms with van der Waals surface area (Å²) in [4.78, 5) is 11.9. The summed E-state index contributed by atoms with van der Waals surface area (Å²) in [6.45, 7) is 1.29. The highest BCUT2D eigenvalue weighted by molar-refractivity contribution is 6.00. The highest BCUT2D eigenvalue weighted by Gasteiger charge is 2.33. The number of fused-ring (bicyclic) bond motifs is 9. The lowest BCUT2D eigenvalue weighted by Gasteiger charge is -2.11. The Balaban J connectivity index is 1.67. The van der Waals surface area contributed by atoms with E-state index < -0.39 is 154 Å². The molecule has 1 aliphatic heterocycles. The number of nitrogens with zero attached hydrogens (tertiary/aromatic N) is 1. The number of benzene rings is 3. The molecule has 19 heteroatoms. The molecule has 290 valence electrons. The average Bonchev–Trinajstić information content (AvgIpc) is 4.03. The molecule has 0 saturated carbocycles. The molecule has 0 spiro atoms. The van der Waals surface area contributed by atoms with Crippen molar-refractivity contribution in [2.45, 2.75) is 6.92 Å². The van der Waals surface area contributed by atoms with Crippen molar-refractivity contribution in [2.75, 3.05) is 0 Å². The van der Waals surface area contributed by atoms with Crippen LogP contribution in [0.4, 0.5) is 65.9 Å². The van der Waals surface area contributed by atoms with Crippen LogP contribution in [0.3, 0.4) is 0 Å². The van der Waals surface area contributed by atoms with E-state index in [0.29, 0.717) is 0 Å². The van der Waals surface area contributed by atoms with Gasteiger partial charge >= 0.3 is 0 Å². The van der Waals surface area contributed by atoms with Crippen LogP contribution >= 0.6 is 0 Å². The predicted octanol–water partition coefficient (Wildman–Crippen LogP) is 12.1. The zero-order valence-corrected chi connectivity index (χ0v) is 27.7. The summed E-state index contributed by atoms with van der Waals surface area (Å²) in [5.41, 5.74) is -11.3. The first-order valence-electron chi connectivity index (χ1n) is 15.8. The number of aryl methyl sites for hydroxylation is 1. The number of rotatable bonds is 3. The third-order valence-electron chi connectivity index (χ3n) is 9.27. The normalized spacial score (nSPS) is 12.1. The molecule has 8 rings (SSSR count). The molecular formula is C38H13F15N4. The van der Waals surface area contributed by atoms with Crippen molar-refractivity contribution in [1.82, 2.24) is 19.9 Å². The number of nitrogens with one attached hydrogen (secondary N) is 3. The van der Waals surface area contributed by atoms with Gasteiger partial charge in [-0.25, -0.2) is 70.8 Å². The summed E-state index contributed by atoms with van der Waals surface area (Å²) in [6.07, 6.45) is 1.66. The van der Waals surface area contributed by atoms with Crippen molar-refractivity contribution in [3.05, 3.63) is 135 Å². The smallest absolute Gasteiger partial charge is 0.200 e. The average molecular weight is 811 g/mol. The van der Waals surface area contributed by atoms with Crippen LogP contribution in [0.1, 0.15) is 17.0 Å². The van der Waals surface area contributed by atoms with Gasteiger partial charge in [0, 0.05) is 33.2 Å². The van der Waals surface area contributed by atoms with E-state index in [1.807, 2.05) is 0 Å². The fourth-order valence-corrected chi connectivity index (χ4v) is 6.66. The second kappa shape index (κ2) is 13.0.